The van der Waals surface area contributed by atoms with E-state index in [1.807, 2.05) is 13.8 Å². The highest BCUT2D eigenvalue weighted by Crippen LogP contribution is 2.43. The Labute approximate surface area is 128 Å². The lowest BCUT2D eigenvalue weighted by molar-refractivity contribution is -0.138. The Hall–Kier alpha value is -1.31. The average molecular weight is 288 g/mol. The highest BCUT2D eigenvalue weighted by molar-refractivity contribution is 5.68. The first kappa shape index (κ1) is 16.1. The summed E-state index contributed by atoms with van der Waals surface area (Å²) in [6.07, 6.45) is 5.34. The maximum Gasteiger partial charge on any atom is 0.304 e. The molecule has 2 nitrogen and oxygen atoms in total. The topological polar surface area (TPSA) is 37.3 Å². The third kappa shape index (κ3) is 4.09. The van der Waals surface area contributed by atoms with Gasteiger partial charge in [0, 0.05) is 5.41 Å². The van der Waals surface area contributed by atoms with Crippen LogP contribution in [0.1, 0.15) is 76.8 Å². The molecule has 116 valence electrons. The fourth-order valence-corrected chi connectivity index (χ4v) is 3.67. The van der Waals surface area contributed by atoms with Crippen molar-refractivity contribution in [3.63, 3.8) is 0 Å². The van der Waals surface area contributed by atoms with E-state index in [2.05, 4.69) is 38.1 Å². The third-order valence-corrected chi connectivity index (χ3v) is 4.96. The molecule has 0 aromatic heterocycles. The monoisotopic (exact) mass is 288 g/mol. The molecular weight excluding hydrogens is 260 g/mol. The van der Waals surface area contributed by atoms with Gasteiger partial charge in [0.1, 0.15) is 0 Å². The van der Waals surface area contributed by atoms with Crippen LogP contribution in [0, 0.1) is 5.41 Å². The summed E-state index contributed by atoms with van der Waals surface area (Å²) in [4.78, 5) is 11.0. The van der Waals surface area contributed by atoms with Crippen molar-refractivity contribution in [3.05, 3.63) is 35.4 Å². The Balaban J connectivity index is 2.13. The second-order valence-electron chi connectivity index (χ2n) is 8.03. The number of aliphatic carboxylic acids is 1. The largest absolute Gasteiger partial charge is 0.481 e. The predicted molar refractivity (Wildman–Crippen MR) is 86.7 cm³/mol. The zero-order valence-electron chi connectivity index (χ0n) is 13.8. The number of hydrogen-bond acceptors (Lipinski definition) is 1. The maximum atomic E-state index is 11.0. The van der Waals surface area contributed by atoms with Crippen molar-refractivity contribution >= 4 is 5.97 Å². The molecule has 1 aromatic carbocycles. The van der Waals surface area contributed by atoms with Crippen LogP contribution in [0.15, 0.2) is 24.3 Å². The number of benzene rings is 1. The summed E-state index contributed by atoms with van der Waals surface area (Å²) in [6, 6.07) is 8.68. The van der Waals surface area contributed by atoms with Gasteiger partial charge in [-0.3, -0.25) is 4.79 Å². The van der Waals surface area contributed by atoms with Crippen LogP contribution in [0.5, 0.6) is 0 Å². The van der Waals surface area contributed by atoms with Crippen molar-refractivity contribution < 1.29 is 9.90 Å². The van der Waals surface area contributed by atoms with Crippen molar-refractivity contribution in [2.45, 2.75) is 71.1 Å². The smallest absolute Gasteiger partial charge is 0.304 e. The minimum absolute atomic E-state index is 0.169. The van der Waals surface area contributed by atoms with Gasteiger partial charge in [-0.25, -0.2) is 0 Å². The molecule has 0 saturated heterocycles. The van der Waals surface area contributed by atoms with Crippen LogP contribution in [0.2, 0.25) is 0 Å². The van der Waals surface area contributed by atoms with Crippen LogP contribution in [0.25, 0.3) is 0 Å². The molecule has 1 aliphatic rings. The van der Waals surface area contributed by atoms with Crippen LogP contribution in [-0.4, -0.2) is 11.1 Å². The summed E-state index contributed by atoms with van der Waals surface area (Å²) in [5.74, 6) is -0.0801. The summed E-state index contributed by atoms with van der Waals surface area (Å²) in [6.45, 7) is 8.73. The van der Waals surface area contributed by atoms with E-state index in [0.29, 0.717) is 11.3 Å². The summed E-state index contributed by atoms with van der Waals surface area (Å²) in [5.41, 5.74) is 2.67. The van der Waals surface area contributed by atoms with Crippen LogP contribution < -0.4 is 0 Å². The quantitative estimate of drug-likeness (QED) is 0.834. The van der Waals surface area contributed by atoms with Crippen molar-refractivity contribution in [1.82, 2.24) is 0 Å². The summed E-state index contributed by atoms with van der Waals surface area (Å²) >= 11 is 0. The molecule has 1 aromatic rings. The van der Waals surface area contributed by atoms with Gasteiger partial charge in [-0.2, -0.15) is 0 Å². The molecule has 2 heteroatoms. The van der Waals surface area contributed by atoms with Gasteiger partial charge >= 0.3 is 5.97 Å². The van der Waals surface area contributed by atoms with Gasteiger partial charge < -0.3 is 5.11 Å². The first-order valence-corrected chi connectivity index (χ1v) is 8.02. The van der Waals surface area contributed by atoms with E-state index < -0.39 is 5.97 Å². The highest BCUT2D eigenvalue weighted by atomic mass is 16.4. The standard InChI is InChI=1S/C19H28O2/c1-18(2)11-5-6-15(12-18)14-7-9-16(10-8-14)19(3,4)13-17(20)21/h7-10,15H,5-6,11-13H2,1-4H3,(H,20,21). The lowest BCUT2D eigenvalue weighted by Gasteiger charge is -2.35. The number of carboxylic acids is 1. The first-order valence-electron chi connectivity index (χ1n) is 8.02. The van der Waals surface area contributed by atoms with Crippen molar-refractivity contribution in [2.75, 3.05) is 0 Å². The van der Waals surface area contributed by atoms with Gasteiger partial charge in [0.2, 0.25) is 0 Å². The molecule has 0 bridgehead atoms. The van der Waals surface area contributed by atoms with Gasteiger partial charge in [0.15, 0.2) is 0 Å². The zero-order valence-corrected chi connectivity index (χ0v) is 13.8. The molecule has 1 aliphatic carbocycles. The van der Waals surface area contributed by atoms with E-state index in [9.17, 15) is 4.79 Å². The lowest BCUT2D eigenvalue weighted by Crippen LogP contribution is -2.23. The van der Waals surface area contributed by atoms with E-state index in [1.54, 1.807) is 0 Å². The molecule has 1 N–H and O–H groups in total. The molecule has 0 heterocycles. The Bertz CT molecular complexity index is 497. The molecule has 1 saturated carbocycles. The molecule has 1 unspecified atom stereocenters. The predicted octanol–water partition coefficient (Wildman–Crippen LogP) is 5.12. The Kier molecular flexibility index (Phi) is 4.46. The molecular formula is C19H28O2. The normalized spacial score (nSPS) is 22.0. The minimum Gasteiger partial charge on any atom is -0.481 e. The molecule has 1 atom stereocenters. The minimum atomic E-state index is -0.738. The third-order valence-electron chi connectivity index (χ3n) is 4.96. The Morgan fingerprint density at radius 2 is 1.90 bits per heavy atom. The Morgan fingerprint density at radius 3 is 2.43 bits per heavy atom. The van der Waals surface area contributed by atoms with E-state index in [0.717, 1.165) is 5.56 Å². The van der Waals surface area contributed by atoms with E-state index in [-0.39, 0.29) is 11.8 Å². The Morgan fingerprint density at radius 1 is 1.29 bits per heavy atom. The van der Waals surface area contributed by atoms with Crippen molar-refractivity contribution in [1.29, 1.82) is 0 Å². The number of carboxylic acid groups (broad SMARTS) is 1. The van der Waals surface area contributed by atoms with Crippen molar-refractivity contribution in [3.8, 4) is 0 Å². The van der Waals surface area contributed by atoms with E-state index in [4.69, 9.17) is 5.11 Å². The molecule has 0 aliphatic heterocycles. The molecule has 2 rings (SSSR count). The fraction of sp³-hybridized carbons (Fsp3) is 0.632. The summed E-state index contributed by atoms with van der Waals surface area (Å²) in [7, 11) is 0. The fourth-order valence-electron chi connectivity index (χ4n) is 3.67. The lowest BCUT2D eigenvalue weighted by atomic mass is 9.70. The second kappa shape index (κ2) is 5.82. The zero-order chi connectivity index (χ0) is 15.7. The van der Waals surface area contributed by atoms with E-state index >= 15 is 0 Å². The average Bonchev–Trinajstić information content (AvgIpc) is 2.36. The molecule has 21 heavy (non-hydrogen) atoms. The van der Waals surface area contributed by atoms with Crippen LogP contribution in [-0.2, 0) is 10.2 Å². The van der Waals surface area contributed by atoms with Crippen molar-refractivity contribution in [2.24, 2.45) is 5.41 Å². The first-order chi connectivity index (χ1) is 9.70. The van der Waals surface area contributed by atoms with E-state index in [1.165, 1.54) is 31.2 Å². The number of carbonyl (C=O) groups is 1. The summed E-state index contributed by atoms with van der Waals surface area (Å²) in [5, 5.41) is 9.03. The molecule has 0 amide bonds. The SMILES string of the molecule is CC1(C)CCCC(c2ccc(C(C)(C)CC(=O)O)cc2)C1. The van der Waals surface area contributed by atoms with Gasteiger partial charge in [-0.15, -0.1) is 0 Å². The summed E-state index contributed by atoms with van der Waals surface area (Å²) < 4.78 is 0. The van der Waals surface area contributed by atoms with Gasteiger partial charge in [0.25, 0.3) is 0 Å². The van der Waals surface area contributed by atoms with Gasteiger partial charge in [0.05, 0.1) is 6.42 Å². The maximum absolute atomic E-state index is 11.0. The molecule has 1 fully saturated rings. The van der Waals surface area contributed by atoms with Crippen LogP contribution >= 0.6 is 0 Å². The van der Waals surface area contributed by atoms with Gasteiger partial charge in [-0.1, -0.05) is 58.4 Å². The van der Waals surface area contributed by atoms with Gasteiger partial charge in [-0.05, 0) is 41.7 Å². The number of rotatable bonds is 4. The second-order valence-corrected chi connectivity index (χ2v) is 8.03. The molecule has 0 radical (unpaired) electrons. The molecule has 0 spiro atoms. The van der Waals surface area contributed by atoms with Crippen LogP contribution in [0.4, 0.5) is 0 Å². The number of hydrogen-bond donors (Lipinski definition) is 1. The highest BCUT2D eigenvalue weighted by Gasteiger charge is 2.29. The van der Waals surface area contributed by atoms with Crippen LogP contribution in [0.3, 0.4) is 0 Å².